The maximum Gasteiger partial charge on any atom is 0.282 e. The first-order valence-electron chi connectivity index (χ1n) is 12.4. The molecule has 1 heterocycles. The quantitative estimate of drug-likeness (QED) is 0.123. The zero-order valence-electron chi connectivity index (χ0n) is 20.1. The molecule has 0 amide bonds. The minimum absolute atomic E-state index is 0.00135. The van der Waals surface area contributed by atoms with E-state index in [1.807, 2.05) is 30.3 Å². The highest BCUT2D eigenvalue weighted by atomic mass is 35.5. The molecular weight excluding hydrogens is 504 g/mol. The molecule has 0 radical (unpaired) electrons. The largest absolute Gasteiger partial charge is 0.378 e. The lowest BCUT2D eigenvalue weighted by atomic mass is 9.76. The Kier molecular flexibility index (Phi) is 6.17. The summed E-state index contributed by atoms with van der Waals surface area (Å²) in [6.07, 6.45) is 0.792. The average molecular weight is 529 g/mol. The molecule has 5 nitrogen and oxygen atoms in total. The lowest BCUT2D eigenvalue weighted by Gasteiger charge is -2.39. The van der Waals surface area contributed by atoms with Crippen molar-refractivity contribution in [1.29, 1.82) is 0 Å². The summed E-state index contributed by atoms with van der Waals surface area (Å²) in [6, 6.07) is 27.5. The van der Waals surface area contributed by atoms with Gasteiger partial charge in [-0.15, -0.1) is 23.4 Å². The number of para-hydroxylation sites is 1. The molecule has 37 heavy (non-hydrogen) atoms. The van der Waals surface area contributed by atoms with E-state index in [2.05, 4.69) is 41.7 Å². The standard InChI is InChI=1S/C30H25ClN2O3S/c1-17(34)19-13-14-24-22(15-19)28-23(30(32-24)21-10-6-8-18-7-2-3-9-20(18)21)16-27(29(28)31)37-26-12-5-4-11-25(26)33(35)36/h2-15,23,27-30,32H,16H2,1H3/t23-,27+,28-,29+,30+/m0/s1. The van der Waals surface area contributed by atoms with Crippen molar-refractivity contribution in [3.05, 3.63) is 112 Å². The maximum atomic E-state index is 12.2. The van der Waals surface area contributed by atoms with E-state index in [4.69, 9.17) is 11.6 Å². The smallest absolute Gasteiger partial charge is 0.282 e. The lowest BCUT2D eigenvalue weighted by molar-refractivity contribution is -0.387. The number of nitrogens with one attached hydrogen (secondary N) is 1. The first kappa shape index (κ1) is 24.0. The van der Waals surface area contributed by atoms with Gasteiger partial charge in [-0.05, 0) is 65.4 Å². The van der Waals surface area contributed by atoms with Gasteiger partial charge < -0.3 is 5.32 Å². The fourth-order valence-electron chi connectivity index (χ4n) is 6.04. The van der Waals surface area contributed by atoms with Gasteiger partial charge in [0, 0.05) is 28.5 Å². The minimum Gasteiger partial charge on any atom is -0.378 e. The number of hydrogen-bond donors (Lipinski definition) is 1. The van der Waals surface area contributed by atoms with Crippen LogP contribution in [0, 0.1) is 16.0 Å². The molecule has 0 aromatic heterocycles. The van der Waals surface area contributed by atoms with Gasteiger partial charge in [0.1, 0.15) is 0 Å². The topological polar surface area (TPSA) is 72.2 Å². The fourth-order valence-corrected chi connectivity index (χ4v) is 7.98. The molecule has 1 N–H and O–H groups in total. The van der Waals surface area contributed by atoms with Crippen molar-refractivity contribution in [2.75, 3.05) is 5.32 Å². The molecule has 7 heteroatoms. The molecule has 1 fully saturated rings. The zero-order chi connectivity index (χ0) is 25.7. The second kappa shape index (κ2) is 9.51. The molecule has 0 spiro atoms. The van der Waals surface area contributed by atoms with Crippen LogP contribution in [0.15, 0.2) is 89.8 Å². The van der Waals surface area contributed by atoms with E-state index in [-0.39, 0.29) is 44.9 Å². The minimum atomic E-state index is -0.331. The third kappa shape index (κ3) is 4.18. The fraction of sp³-hybridized carbons (Fsp3) is 0.233. The number of anilines is 1. The van der Waals surface area contributed by atoms with Crippen molar-refractivity contribution < 1.29 is 9.72 Å². The summed E-state index contributed by atoms with van der Waals surface area (Å²) in [5.74, 6) is 0.176. The predicted molar refractivity (Wildman–Crippen MR) is 150 cm³/mol. The second-order valence-corrected chi connectivity index (χ2v) is 11.6. The van der Waals surface area contributed by atoms with Crippen LogP contribution < -0.4 is 5.32 Å². The molecule has 0 bridgehead atoms. The predicted octanol–water partition coefficient (Wildman–Crippen LogP) is 7.99. The van der Waals surface area contributed by atoms with Crippen molar-refractivity contribution in [3.8, 4) is 0 Å². The summed E-state index contributed by atoms with van der Waals surface area (Å²) in [4.78, 5) is 24.2. The van der Waals surface area contributed by atoms with Gasteiger partial charge in [-0.25, -0.2) is 0 Å². The number of halogens is 1. The molecule has 2 aliphatic rings. The van der Waals surface area contributed by atoms with E-state index in [0.717, 1.165) is 17.7 Å². The molecule has 0 saturated heterocycles. The van der Waals surface area contributed by atoms with Crippen LogP contribution in [0.5, 0.6) is 0 Å². The Morgan fingerprint density at radius 3 is 2.57 bits per heavy atom. The third-order valence-corrected chi connectivity index (χ3v) is 9.83. The van der Waals surface area contributed by atoms with E-state index >= 15 is 0 Å². The Morgan fingerprint density at radius 2 is 1.76 bits per heavy atom. The van der Waals surface area contributed by atoms with E-state index in [9.17, 15) is 14.9 Å². The Labute approximate surface area is 224 Å². The van der Waals surface area contributed by atoms with Gasteiger partial charge in [-0.1, -0.05) is 54.6 Å². The number of Topliss-reactive ketones (excluding diaryl/α,β-unsaturated/α-hetero) is 1. The highest BCUT2D eigenvalue weighted by Crippen LogP contribution is 2.58. The van der Waals surface area contributed by atoms with Crippen LogP contribution >= 0.6 is 23.4 Å². The number of fused-ring (bicyclic) bond motifs is 4. The van der Waals surface area contributed by atoms with Crippen molar-refractivity contribution in [2.24, 2.45) is 5.92 Å². The van der Waals surface area contributed by atoms with Crippen LogP contribution in [0.2, 0.25) is 0 Å². The SMILES string of the molecule is CC(=O)c1ccc2c(c1)[C@@H]1[C@H](Cl)[C@H](Sc3ccccc3[N+](=O)[O-])C[C@@H]1[C@@H](c1cccc3ccccc13)N2. The molecule has 5 atom stereocenters. The van der Waals surface area contributed by atoms with E-state index < -0.39 is 0 Å². The van der Waals surface area contributed by atoms with Crippen LogP contribution in [0.3, 0.4) is 0 Å². The van der Waals surface area contributed by atoms with E-state index in [1.54, 1.807) is 25.1 Å². The Hall–Kier alpha value is -3.35. The van der Waals surface area contributed by atoms with Crippen molar-refractivity contribution in [1.82, 2.24) is 0 Å². The number of benzene rings is 4. The molecule has 1 aliphatic carbocycles. The summed E-state index contributed by atoms with van der Waals surface area (Å²) >= 11 is 8.76. The lowest BCUT2D eigenvalue weighted by Crippen LogP contribution is -2.31. The van der Waals surface area contributed by atoms with Gasteiger partial charge in [0.15, 0.2) is 5.78 Å². The Balaban J connectivity index is 1.46. The Bertz CT molecular complexity index is 1540. The maximum absolute atomic E-state index is 12.2. The molecule has 6 rings (SSSR count). The second-order valence-electron chi connectivity index (χ2n) is 9.80. The number of ketones is 1. The highest BCUT2D eigenvalue weighted by molar-refractivity contribution is 8.00. The number of thioether (sulfide) groups is 1. The first-order valence-corrected chi connectivity index (χ1v) is 13.7. The molecule has 4 aromatic rings. The van der Waals surface area contributed by atoms with Gasteiger partial charge in [-0.3, -0.25) is 14.9 Å². The van der Waals surface area contributed by atoms with Crippen LogP contribution in [0.25, 0.3) is 10.8 Å². The number of carbonyl (C=O) groups is 1. The van der Waals surface area contributed by atoms with Crippen LogP contribution in [-0.2, 0) is 0 Å². The first-order chi connectivity index (χ1) is 17.9. The van der Waals surface area contributed by atoms with Gasteiger partial charge in [-0.2, -0.15) is 0 Å². The number of nitrogens with zero attached hydrogens (tertiary/aromatic N) is 1. The average Bonchev–Trinajstić information content (AvgIpc) is 3.23. The van der Waals surface area contributed by atoms with Crippen LogP contribution in [-0.4, -0.2) is 21.3 Å². The monoisotopic (exact) mass is 528 g/mol. The van der Waals surface area contributed by atoms with Crippen molar-refractivity contribution in [2.45, 2.75) is 40.8 Å². The summed E-state index contributed by atoms with van der Waals surface area (Å²) in [6.45, 7) is 1.58. The van der Waals surface area contributed by atoms with Crippen LogP contribution in [0.4, 0.5) is 11.4 Å². The summed E-state index contributed by atoms with van der Waals surface area (Å²) in [5.41, 5.74) is 4.04. The molecular formula is C30H25ClN2O3S. The number of nitro groups is 1. The van der Waals surface area contributed by atoms with E-state index in [0.29, 0.717) is 10.5 Å². The van der Waals surface area contributed by atoms with Gasteiger partial charge in [0.05, 0.1) is 21.2 Å². The summed E-state index contributed by atoms with van der Waals surface area (Å²) in [5, 5.41) is 17.6. The Morgan fingerprint density at radius 1 is 1.00 bits per heavy atom. The van der Waals surface area contributed by atoms with Gasteiger partial charge >= 0.3 is 0 Å². The van der Waals surface area contributed by atoms with E-state index in [1.165, 1.54) is 28.1 Å². The number of nitro benzene ring substituents is 1. The third-order valence-electron chi connectivity index (χ3n) is 7.72. The molecule has 1 aliphatic heterocycles. The summed E-state index contributed by atoms with van der Waals surface area (Å²) < 4.78 is 0. The molecule has 186 valence electrons. The molecule has 4 aromatic carbocycles. The molecule has 1 saturated carbocycles. The zero-order valence-corrected chi connectivity index (χ0v) is 21.7. The van der Waals surface area contributed by atoms with Gasteiger partial charge in [0.25, 0.3) is 5.69 Å². The van der Waals surface area contributed by atoms with Crippen LogP contribution in [0.1, 0.15) is 46.8 Å². The normalized spacial score (nSPS) is 24.2. The number of carbonyl (C=O) groups excluding carboxylic acids is 1. The van der Waals surface area contributed by atoms with Crippen molar-refractivity contribution >= 4 is 51.3 Å². The highest BCUT2D eigenvalue weighted by Gasteiger charge is 2.50. The van der Waals surface area contributed by atoms with Crippen molar-refractivity contribution in [3.63, 3.8) is 0 Å². The summed E-state index contributed by atoms with van der Waals surface area (Å²) in [7, 11) is 0. The number of rotatable bonds is 5. The molecule has 0 unspecified atom stereocenters. The van der Waals surface area contributed by atoms with Gasteiger partial charge in [0.2, 0.25) is 0 Å². The number of alkyl halides is 1. The number of hydrogen-bond acceptors (Lipinski definition) is 5.